The van der Waals surface area contributed by atoms with Crippen LogP contribution in [0.25, 0.3) is 0 Å². The molecule has 7 unspecified atom stereocenters. The molecule has 0 aromatic heterocycles. The summed E-state index contributed by atoms with van der Waals surface area (Å²) < 4.78 is 5.76. The molecule has 1 fully saturated rings. The molecule has 0 aliphatic carbocycles. The normalized spacial score (nSPS) is 23.7. The lowest BCUT2D eigenvalue weighted by Gasteiger charge is -2.30. The third kappa shape index (κ3) is 11.4. The van der Waals surface area contributed by atoms with Crippen molar-refractivity contribution in [2.24, 2.45) is 29.6 Å². The second-order valence-corrected chi connectivity index (χ2v) is 11.7. The molecule has 5 heteroatoms. The maximum atomic E-state index is 10.5. The van der Waals surface area contributed by atoms with Crippen LogP contribution in [0.2, 0.25) is 0 Å². The molecule has 0 aromatic rings. The van der Waals surface area contributed by atoms with Crippen LogP contribution in [0.15, 0.2) is 0 Å². The molecule has 0 spiro atoms. The van der Waals surface area contributed by atoms with E-state index in [9.17, 15) is 20.4 Å². The topological polar surface area (TPSA) is 93.5 Å². The van der Waals surface area contributed by atoms with Gasteiger partial charge < -0.3 is 25.2 Å². The molecule has 0 amide bonds. The first-order chi connectivity index (χ1) is 15.3. The van der Waals surface area contributed by atoms with Gasteiger partial charge in [0.05, 0.1) is 12.2 Å². The Labute approximate surface area is 204 Å². The van der Waals surface area contributed by atoms with Gasteiger partial charge in [0.25, 0.3) is 0 Å². The Balaban J connectivity index is 2.20. The van der Waals surface area contributed by atoms with Gasteiger partial charge in [-0.25, -0.2) is 0 Å². The van der Waals surface area contributed by atoms with Crippen LogP contribution < -0.4 is 0 Å². The van der Waals surface area contributed by atoms with E-state index in [4.69, 9.17) is 4.74 Å². The van der Waals surface area contributed by atoms with E-state index in [1.54, 1.807) is 6.92 Å². The van der Waals surface area contributed by atoms with E-state index in [1.807, 2.05) is 13.8 Å². The van der Waals surface area contributed by atoms with Gasteiger partial charge in [0.1, 0.15) is 0 Å². The van der Waals surface area contributed by atoms with Gasteiger partial charge in [-0.05, 0) is 49.9 Å². The fourth-order valence-corrected chi connectivity index (χ4v) is 5.26. The van der Waals surface area contributed by atoms with Gasteiger partial charge in [-0.3, -0.25) is 0 Å². The summed E-state index contributed by atoms with van der Waals surface area (Å²) in [4.78, 5) is 0. The first-order valence-corrected chi connectivity index (χ1v) is 13.9. The fraction of sp³-hybridized carbons (Fsp3) is 1.00. The lowest BCUT2D eigenvalue weighted by Crippen LogP contribution is -2.39. The van der Waals surface area contributed by atoms with Crippen molar-refractivity contribution in [1.29, 1.82) is 0 Å². The molecule has 5 nitrogen and oxygen atoms in total. The summed E-state index contributed by atoms with van der Waals surface area (Å²) in [7, 11) is 0. The zero-order valence-corrected chi connectivity index (χ0v) is 22.7. The summed E-state index contributed by atoms with van der Waals surface area (Å²) in [5, 5.41) is 41.0. The zero-order valence-electron chi connectivity index (χ0n) is 22.7. The number of epoxide rings is 1. The minimum absolute atomic E-state index is 0.0262. The van der Waals surface area contributed by atoms with Crippen LogP contribution in [-0.2, 0) is 4.74 Å². The Morgan fingerprint density at radius 1 is 0.727 bits per heavy atom. The predicted octanol–water partition coefficient (Wildman–Crippen LogP) is 6.02. The largest absolute Gasteiger partial charge is 0.369 e. The number of hydrogen-bond donors (Lipinski definition) is 4. The van der Waals surface area contributed by atoms with Crippen molar-refractivity contribution in [3.63, 3.8) is 0 Å². The third-order valence-corrected chi connectivity index (χ3v) is 8.23. The number of rotatable bonds is 19. The van der Waals surface area contributed by atoms with Crippen molar-refractivity contribution in [3.8, 4) is 0 Å². The summed E-state index contributed by atoms with van der Waals surface area (Å²) >= 11 is 0. The first kappa shape index (κ1) is 30.8. The monoisotopic (exact) mass is 472 g/mol. The molecule has 4 N–H and O–H groups in total. The van der Waals surface area contributed by atoms with Gasteiger partial charge in [-0.1, -0.05) is 87.0 Å². The second kappa shape index (κ2) is 14.4. The summed E-state index contributed by atoms with van der Waals surface area (Å²) in [6.07, 6.45) is 11.7. The zero-order chi connectivity index (χ0) is 25.2. The van der Waals surface area contributed by atoms with Gasteiger partial charge in [-0.15, -0.1) is 0 Å². The van der Waals surface area contributed by atoms with Crippen LogP contribution >= 0.6 is 0 Å². The van der Waals surface area contributed by atoms with E-state index < -0.39 is 11.6 Å². The highest BCUT2D eigenvalue weighted by Gasteiger charge is 2.49. The molecule has 0 saturated carbocycles. The highest BCUT2D eigenvalue weighted by Crippen LogP contribution is 2.40. The highest BCUT2D eigenvalue weighted by molar-refractivity contribution is 4.94. The van der Waals surface area contributed by atoms with Gasteiger partial charge in [0.2, 0.25) is 0 Å². The van der Waals surface area contributed by atoms with E-state index in [-0.39, 0.29) is 24.0 Å². The third-order valence-electron chi connectivity index (χ3n) is 8.23. The average Bonchev–Trinajstić information content (AvgIpc) is 3.50. The van der Waals surface area contributed by atoms with E-state index in [0.29, 0.717) is 30.6 Å². The molecule has 33 heavy (non-hydrogen) atoms. The SMILES string of the molecule is CCCCCC(C)C(O)(O)CCC(C)CC(C)CCCC(C)CC1OC1C(C)C(O)(O)CC. The molecule has 1 aliphatic heterocycles. The standard InChI is InChI=1S/C28H56O5/c1-8-10-11-15-23(6)28(31,32)17-16-22(5)18-20(3)13-12-14-21(4)19-25-26(33-25)24(7)27(29,30)9-2/h20-26,29-32H,8-19H2,1-7H3. The Bertz CT molecular complexity index is 520. The second-order valence-electron chi connectivity index (χ2n) is 11.7. The molecule has 198 valence electrons. The summed E-state index contributed by atoms with van der Waals surface area (Å²) in [6.45, 7) is 14.6. The molecule has 1 rings (SSSR count). The fourth-order valence-electron chi connectivity index (χ4n) is 5.26. The first-order valence-electron chi connectivity index (χ1n) is 13.9. The van der Waals surface area contributed by atoms with Crippen molar-refractivity contribution < 1.29 is 25.2 Å². The number of unbranched alkanes of at least 4 members (excludes halogenated alkanes) is 2. The van der Waals surface area contributed by atoms with Gasteiger partial charge in [-0.2, -0.15) is 0 Å². The lowest BCUT2D eigenvalue weighted by molar-refractivity contribution is -0.204. The highest BCUT2D eigenvalue weighted by atomic mass is 16.6. The van der Waals surface area contributed by atoms with Crippen LogP contribution in [0.3, 0.4) is 0 Å². The van der Waals surface area contributed by atoms with Gasteiger partial charge >= 0.3 is 0 Å². The molecule has 0 aromatic carbocycles. The minimum atomic E-state index is -1.63. The Morgan fingerprint density at radius 2 is 1.33 bits per heavy atom. The Morgan fingerprint density at radius 3 is 1.94 bits per heavy atom. The van der Waals surface area contributed by atoms with E-state index in [2.05, 4.69) is 27.7 Å². The van der Waals surface area contributed by atoms with E-state index in [1.165, 1.54) is 19.3 Å². The van der Waals surface area contributed by atoms with Gasteiger partial charge in [0.15, 0.2) is 11.6 Å². The van der Waals surface area contributed by atoms with Crippen LogP contribution in [-0.4, -0.2) is 44.2 Å². The van der Waals surface area contributed by atoms with Crippen LogP contribution in [0.1, 0.15) is 126 Å². The summed E-state index contributed by atoms with van der Waals surface area (Å²) in [6, 6.07) is 0. The van der Waals surface area contributed by atoms with Crippen molar-refractivity contribution >= 4 is 0 Å². The molecule has 1 aliphatic rings. The quantitative estimate of drug-likeness (QED) is 0.105. The molecule has 7 atom stereocenters. The van der Waals surface area contributed by atoms with E-state index in [0.717, 1.165) is 44.9 Å². The molecular formula is C28H56O5. The van der Waals surface area contributed by atoms with Crippen molar-refractivity contribution in [2.75, 3.05) is 0 Å². The predicted molar refractivity (Wildman–Crippen MR) is 136 cm³/mol. The lowest BCUT2D eigenvalue weighted by atomic mass is 9.85. The summed E-state index contributed by atoms with van der Waals surface area (Å²) in [5.41, 5.74) is 0. The minimum Gasteiger partial charge on any atom is -0.369 e. The van der Waals surface area contributed by atoms with Crippen molar-refractivity contribution in [2.45, 2.75) is 149 Å². The number of aliphatic hydroxyl groups is 4. The number of hydrogen-bond acceptors (Lipinski definition) is 5. The van der Waals surface area contributed by atoms with Crippen molar-refractivity contribution in [3.05, 3.63) is 0 Å². The van der Waals surface area contributed by atoms with Crippen LogP contribution in [0.4, 0.5) is 0 Å². The maximum Gasteiger partial charge on any atom is 0.167 e. The molecule has 0 bridgehead atoms. The van der Waals surface area contributed by atoms with Crippen molar-refractivity contribution in [1.82, 2.24) is 0 Å². The maximum absolute atomic E-state index is 10.5. The van der Waals surface area contributed by atoms with Gasteiger partial charge in [0, 0.05) is 18.3 Å². The molecule has 1 heterocycles. The Kier molecular flexibility index (Phi) is 13.4. The molecule has 1 saturated heterocycles. The molecular weight excluding hydrogens is 416 g/mol. The van der Waals surface area contributed by atoms with Crippen LogP contribution in [0.5, 0.6) is 0 Å². The average molecular weight is 473 g/mol. The summed E-state index contributed by atoms with van der Waals surface area (Å²) in [5.74, 6) is -1.78. The number of ether oxygens (including phenoxy) is 1. The van der Waals surface area contributed by atoms with E-state index >= 15 is 0 Å². The van der Waals surface area contributed by atoms with Crippen LogP contribution in [0, 0.1) is 29.6 Å². The molecule has 0 radical (unpaired) electrons. The Hall–Kier alpha value is -0.200. The smallest absolute Gasteiger partial charge is 0.167 e.